The lowest BCUT2D eigenvalue weighted by Crippen LogP contribution is -2.50. The molecule has 3 aromatic rings. The summed E-state index contributed by atoms with van der Waals surface area (Å²) in [6.07, 6.45) is 1.33. The Morgan fingerprint density at radius 2 is 1.63 bits per heavy atom. The minimum Gasteiger partial charge on any atom is -0.495 e. The van der Waals surface area contributed by atoms with E-state index in [1.54, 1.807) is 7.11 Å². The van der Waals surface area contributed by atoms with Crippen molar-refractivity contribution < 1.29 is 14.3 Å². The van der Waals surface area contributed by atoms with E-state index >= 15 is 0 Å². The van der Waals surface area contributed by atoms with Crippen molar-refractivity contribution in [1.82, 2.24) is 4.90 Å². The molecule has 1 amide bonds. The fourth-order valence-electron chi connectivity index (χ4n) is 3.87. The van der Waals surface area contributed by atoms with E-state index in [1.165, 1.54) is 6.21 Å². The van der Waals surface area contributed by atoms with Crippen molar-refractivity contribution in [2.75, 3.05) is 44.8 Å². The van der Waals surface area contributed by atoms with E-state index in [1.807, 2.05) is 65.6 Å². The third-order valence-electron chi connectivity index (χ3n) is 5.48. The molecule has 1 saturated heterocycles. The number of piperazine rings is 1. The second kappa shape index (κ2) is 8.86. The van der Waals surface area contributed by atoms with Crippen molar-refractivity contribution in [1.29, 1.82) is 5.41 Å². The SMILES string of the molecule is COc1ccccc1N1CCN(C(=O)COc2ccc(C=N)c3ccccc23)CC1. The zero-order chi connectivity index (χ0) is 20.9. The van der Waals surface area contributed by atoms with Gasteiger partial charge in [0.1, 0.15) is 11.5 Å². The van der Waals surface area contributed by atoms with E-state index < -0.39 is 0 Å². The Morgan fingerprint density at radius 3 is 2.37 bits per heavy atom. The van der Waals surface area contributed by atoms with Crippen LogP contribution in [0.2, 0.25) is 0 Å². The molecular weight excluding hydrogens is 378 g/mol. The second-order valence-electron chi connectivity index (χ2n) is 7.17. The number of fused-ring (bicyclic) bond motifs is 1. The Bertz CT molecular complexity index is 1060. The number of benzene rings is 3. The summed E-state index contributed by atoms with van der Waals surface area (Å²) in [6.45, 7) is 2.80. The fraction of sp³-hybridized carbons (Fsp3) is 0.250. The monoisotopic (exact) mass is 403 g/mol. The van der Waals surface area contributed by atoms with Crippen LogP contribution in [0.4, 0.5) is 5.69 Å². The second-order valence-corrected chi connectivity index (χ2v) is 7.17. The molecule has 6 nitrogen and oxygen atoms in total. The first-order chi connectivity index (χ1) is 14.7. The molecule has 6 heteroatoms. The van der Waals surface area contributed by atoms with Gasteiger partial charge in [0.2, 0.25) is 0 Å². The van der Waals surface area contributed by atoms with Crippen LogP contribution in [0.5, 0.6) is 11.5 Å². The highest BCUT2D eigenvalue weighted by Crippen LogP contribution is 2.29. The maximum absolute atomic E-state index is 12.7. The zero-order valence-corrected chi connectivity index (χ0v) is 17.0. The van der Waals surface area contributed by atoms with Gasteiger partial charge < -0.3 is 24.7 Å². The number of anilines is 1. The third-order valence-corrected chi connectivity index (χ3v) is 5.48. The van der Waals surface area contributed by atoms with E-state index in [0.717, 1.165) is 40.9 Å². The molecule has 154 valence electrons. The third kappa shape index (κ3) is 3.94. The molecule has 0 bridgehead atoms. The van der Waals surface area contributed by atoms with Gasteiger partial charge in [-0.15, -0.1) is 0 Å². The first-order valence-electron chi connectivity index (χ1n) is 10.0. The topological polar surface area (TPSA) is 65.9 Å². The fourth-order valence-corrected chi connectivity index (χ4v) is 3.87. The highest BCUT2D eigenvalue weighted by Gasteiger charge is 2.23. The van der Waals surface area contributed by atoms with Gasteiger partial charge >= 0.3 is 0 Å². The van der Waals surface area contributed by atoms with Crippen LogP contribution in [-0.4, -0.2) is 56.9 Å². The highest BCUT2D eigenvalue weighted by atomic mass is 16.5. The van der Waals surface area contributed by atoms with E-state index in [9.17, 15) is 4.79 Å². The molecule has 0 radical (unpaired) electrons. The molecule has 3 aromatic carbocycles. The van der Waals surface area contributed by atoms with Gasteiger partial charge in [-0.05, 0) is 29.7 Å². The van der Waals surface area contributed by atoms with Crippen molar-refractivity contribution in [3.8, 4) is 11.5 Å². The van der Waals surface area contributed by atoms with Gasteiger partial charge in [-0.1, -0.05) is 36.4 Å². The van der Waals surface area contributed by atoms with Gasteiger partial charge in [-0.2, -0.15) is 0 Å². The number of methoxy groups -OCH3 is 1. The Kier molecular flexibility index (Phi) is 5.84. The molecule has 0 saturated carbocycles. The molecule has 1 N–H and O–H groups in total. The Morgan fingerprint density at radius 1 is 0.933 bits per heavy atom. The number of ether oxygens (including phenoxy) is 2. The first kappa shape index (κ1) is 19.8. The molecule has 0 spiro atoms. The van der Waals surface area contributed by atoms with Gasteiger partial charge in [0.05, 0.1) is 12.8 Å². The van der Waals surface area contributed by atoms with Crippen LogP contribution in [-0.2, 0) is 4.79 Å². The standard InChI is InChI=1S/C24H25N3O3/c1-29-23-9-5-4-8-21(23)26-12-14-27(15-13-26)24(28)17-30-22-11-10-18(16-25)19-6-2-3-7-20(19)22/h2-11,16,25H,12-15,17H2,1H3. The largest absolute Gasteiger partial charge is 0.495 e. The number of nitrogens with zero attached hydrogens (tertiary/aromatic N) is 2. The van der Waals surface area contributed by atoms with Crippen molar-refractivity contribution in [2.45, 2.75) is 0 Å². The molecule has 0 unspecified atom stereocenters. The molecule has 1 fully saturated rings. The Balaban J connectivity index is 1.38. The Hall–Kier alpha value is -3.54. The number of hydrogen-bond donors (Lipinski definition) is 1. The van der Waals surface area contributed by atoms with Gasteiger partial charge in [0, 0.05) is 43.3 Å². The van der Waals surface area contributed by atoms with E-state index in [4.69, 9.17) is 14.9 Å². The number of para-hydroxylation sites is 2. The maximum atomic E-state index is 12.7. The average molecular weight is 403 g/mol. The van der Waals surface area contributed by atoms with Crippen LogP contribution >= 0.6 is 0 Å². The summed E-state index contributed by atoms with van der Waals surface area (Å²) in [5.74, 6) is 1.49. The quantitative estimate of drug-likeness (QED) is 0.639. The number of nitrogens with one attached hydrogen (secondary N) is 1. The molecule has 4 rings (SSSR count). The molecule has 1 aliphatic heterocycles. The smallest absolute Gasteiger partial charge is 0.260 e. The van der Waals surface area contributed by atoms with Crippen molar-refractivity contribution in [3.05, 3.63) is 66.2 Å². The molecule has 0 atom stereocenters. The lowest BCUT2D eigenvalue weighted by Gasteiger charge is -2.36. The molecule has 1 heterocycles. The predicted molar refractivity (Wildman–Crippen MR) is 119 cm³/mol. The number of amides is 1. The van der Waals surface area contributed by atoms with Crippen LogP contribution in [0, 0.1) is 5.41 Å². The van der Waals surface area contributed by atoms with Gasteiger partial charge in [0.15, 0.2) is 6.61 Å². The minimum atomic E-state index is -0.0186. The van der Waals surface area contributed by atoms with Crippen LogP contribution in [0.15, 0.2) is 60.7 Å². The van der Waals surface area contributed by atoms with E-state index in [0.29, 0.717) is 18.8 Å². The van der Waals surface area contributed by atoms with Crippen LogP contribution in [0.1, 0.15) is 5.56 Å². The maximum Gasteiger partial charge on any atom is 0.260 e. The summed E-state index contributed by atoms with van der Waals surface area (Å²) in [4.78, 5) is 16.8. The van der Waals surface area contributed by atoms with E-state index in [-0.39, 0.29) is 12.5 Å². The molecule has 0 aliphatic carbocycles. The molecule has 30 heavy (non-hydrogen) atoms. The van der Waals surface area contributed by atoms with Crippen molar-refractivity contribution >= 4 is 28.6 Å². The summed E-state index contributed by atoms with van der Waals surface area (Å²) in [5.41, 5.74) is 1.89. The predicted octanol–water partition coefficient (Wildman–Crippen LogP) is 3.57. The summed E-state index contributed by atoms with van der Waals surface area (Å²) < 4.78 is 11.3. The summed E-state index contributed by atoms with van der Waals surface area (Å²) in [5, 5.41) is 9.42. The number of carbonyl (C=O) groups excluding carboxylic acids is 1. The number of rotatable bonds is 6. The highest BCUT2D eigenvalue weighted by molar-refractivity contribution is 6.01. The lowest BCUT2D eigenvalue weighted by atomic mass is 10.0. The lowest BCUT2D eigenvalue weighted by molar-refractivity contribution is -0.133. The van der Waals surface area contributed by atoms with Gasteiger partial charge in [-0.3, -0.25) is 4.79 Å². The van der Waals surface area contributed by atoms with E-state index in [2.05, 4.69) is 4.90 Å². The van der Waals surface area contributed by atoms with Gasteiger partial charge in [0.25, 0.3) is 5.91 Å². The minimum absolute atomic E-state index is 0.00257. The van der Waals surface area contributed by atoms with Crippen LogP contribution in [0.25, 0.3) is 10.8 Å². The number of hydrogen-bond acceptors (Lipinski definition) is 5. The normalized spacial score (nSPS) is 13.9. The van der Waals surface area contributed by atoms with Crippen molar-refractivity contribution in [3.63, 3.8) is 0 Å². The Labute approximate surface area is 176 Å². The summed E-state index contributed by atoms with van der Waals surface area (Å²) in [7, 11) is 1.67. The molecule has 1 aliphatic rings. The first-order valence-corrected chi connectivity index (χ1v) is 10.0. The summed E-state index contributed by atoms with van der Waals surface area (Å²) >= 11 is 0. The molecular formula is C24H25N3O3. The average Bonchev–Trinajstić information content (AvgIpc) is 2.82. The van der Waals surface area contributed by atoms with Crippen LogP contribution < -0.4 is 14.4 Å². The van der Waals surface area contributed by atoms with Gasteiger partial charge in [-0.25, -0.2) is 0 Å². The summed E-state index contributed by atoms with van der Waals surface area (Å²) in [6, 6.07) is 19.4. The number of carbonyl (C=O) groups is 1. The molecule has 0 aromatic heterocycles. The zero-order valence-electron chi connectivity index (χ0n) is 17.0. The van der Waals surface area contributed by atoms with Crippen molar-refractivity contribution in [2.24, 2.45) is 0 Å². The van der Waals surface area contributed by atoms with Crippen LogP contribution in [0.3, 0.4) is 0 Å².